The third kappa shape index (κ3) is 2.96. The van der Waals surface area contributed by atoms with Gasteiger partial charge in [0.05, 0.1) is 0 Å². The van der Waals surface area contributed by atoms with E-state index >= 15 is 0 Å². The molecule has 3 fully saturated rings. The number of sulfonamides is 1. The van der Waals surface area contributed by atoms with Crippen LogP contribution in [0.1, 0.15) is 18.4 Å². The topological polar surface area (TPSA) is 75.4 Å². The largest absolute Gasteiger partial charge is 0.326 e. The average molecular weight is 313 g/mol. The van der Waals surface area contributed by atoms with Crippen LogP contribution >= 0.6 is 0 Å². The predicted molar refractivity (Wildman–Crippen MR) is 77.6 cm³/mol. The van der Waals surface area contributed by atoms with Crippen molar-refractivity contribution in [3.05, 3.63) is 29.6 Å². The summed E-state index contributed by atoms with van der Waals surface area (Å²) in [7, 11) is -3.85. The van der Waals surface area contributed by atoms with Crippen LogP contribution in [0.5, 0.6) is 0 Å². The maximum Gasteiger partial charge on any atom is 0.243 e. The highest BCUT2D eigenvalue weighted by Crippen LogP contribution is 2.29. The van der Waals surface area contributed by atoms with Gasteiger partial charge in [-0.2, -0.15) is 0 Å². The number of hydrogen-bond acceptors (Lipinski definition) is 4. The van der Waals surface area contributed by atoms with E-state index in [-0.39, 0.29) is 17.5 Å². The SMILES string of the molecule is NCc1ccc(F)c(S(=O)(=O)NC2CN3CCC2CC3)c1. The van der Waals surface area contributed by atoms with Crippen molar-refractivity contribution in [1.82, 2.24) is 9.62 Å². The first-order chi connectivity index (χ1) is 9.99. The molecule has 1 atom stereocenters. The van der Waals surface area contributed by atoms with Crippen molar-refractivity contribution in [2.45, 2.75) is 30.3 Å². The molecule has 0 aromatic heterocycles. The molecule has 3 saturated heterocycles. The molecule has 116 valence electrons. The van der Waals surface area contributed by atoms with E-state index in [4.69, 9.17) is 5.73 Å². The summed E-state index contributed by atoms with van der Waals surface area (Å²) in [4.78, 5) is 1.95. The molecule has 4 rings (SSSR count). The Kier molecular flexibility index (Phi) is 4.00. The van der Waals surface area contributed by atoms with Crippen LogP contribution in [0.25, 0.3) is 0 Å². The van der Waals surface area contributed by atoms with Crippen LogP contribution in [-0.2, 0) is 16.6 Å². The summed E-state index contributed by atoms with van der Waals surface area (Å²) < 4.78 is 41.5. The zero-order valence-corrected chi connectivity index (χ0v) is 12.6. The summed E-state index contributed by atoms with van der Waals surface area (Å²) in [6.45, 7) is 2.95. The monoisotopic (exact) mass is 313 g/mol. The number of benzene rings is 1. The first-order valence-corrected chi connectivity index (χ1v) is 8.71. The molecule has 21 heavy (non-hydrogen) atoms. The second kappa shape index (κ2) is 5.64. The van der Waals surface area contributed by atoms with Crippen molar-refractivity contribution < 1.29 is 12.8 Å². The summed E-state index contributed by atoms with van der Waals surface area (Å²) >= 11 is 0. The molecular weight excluding hydrogens is 293 g/mol. The molecule has 3 heterocycles. The first-order valence-electron chi connectivity index (χ1n) is 7.23. The van der Waals surface area contributed by atoms with Crippen LogP contribution < -0.4 is 10.5 Å². The second-order valence-electron chi connectivity index (χ2n) is 5.83. The predicted octanol–water partition coefficient (Wildman–Crippen LogP) is 0.657. The number of rotatable bonds is 4. The van der Waals surface area contributed by atoms with Gasteiger partial charge in [-0.15, -0.1) is 0 Å². The molecule has 3 aliphatic rings. The lowest BCUT2D eigenvalue weighted by atomic mass is 9.85. The lowest BCUT2D eigenvalue weighted by Crippen LogP contribution is -2.57. The molecule has 1 aromatic carbocycles. The lowest BCUT2D eigenvalue weighted by Gasteiger charge is -2.44. The fraction of sp³-hybridized carbons (Fsp3) is 0.571. The number of halogens is 1. The van der Waals surface area contributed by atoms with Crippen LogP contribution in [0.15, 0.2) is 23.1 Å². The van der Waals surface area contributed by atoms with E-state index in [1.54, 1.807) is 0 Å². The smallest absolute Gasteiger partial charge is 0.243 e. The van der Waals surface area contributed by atoms with Gasteiger partial charge < -0.3 is 10.6 Å². The molecule has 3 aliphatic heterocycles. The molecule has 7 heteroatoms. The highest BCUT2D eigenvalue weighted by Gasteiger charge is 2.37. The molecule has 0 aliphatic carbocycles. The van der Waals surface area contributed by atoms with Gasteiger partial charge in [-0.3, -0.25) is 0 Å². The molecule has 0 amide bonds. The zero-order chi connectivity index (χ0) is 15.0. The maximum atomic E-state index is 13.9. The summed E-state index contributed by atoms with van der Waals surface area (Å²) in [5.41, 5.74) is 6.10. The minimum absolute atomic E-state index is 0.126. The third-order valence-corrected chi connectivity index (χ3v) is 5.99. The minimum atomic E-state index is -3.85. The fourth-order valence-electron chi connectivity index (χ4n) is 3.24. The van der Waals surface area contributed by atoms with Crippen molar-refractivity contribution in [2.75, 3.05) is 19.6 Å². The number of hydrogen-bond donors (Lipinski definition) is 2. The Morgan fingerprint density at radius 3 is 2.62 bits per heavy atom. The van der Waals surface area contributed by atoms with Crippen molar-refractivity contribution >= 4 is 10.0 Å². The van der Waals surface area contributed by atoms with Gasteiger partial charge in [0.2, 0.25) is 10.0 Å². The first kappa shape index (κ1) is 14.9. The highest BCUT2D eigenvalue weighted by atomic mass is 32.2. The van der Waals surface area contributed by atoms with Crippen molar-refractivity contribution in [3.8, 4) is 0 Å². The maximum absolute atomic E-state index is 13.9. The number of nitrogens with two attached hydrogens (primary N) is 1. The van der Waals surface area contributed by atoms with Crippen molar-refractivity contribution in [2.24, 2.45) is 11.7 Å². The van der Waals surface area contributed by atoms with E-state index in [1.165, 1.54) is 12.1 Å². The zero-order valence-electron chi connectivity index (χ0n) is 11.8. The molecule has 3 N–H and O–H groups in total. The number of nitrogens with one attached hydrogen (secondary N) is 1. The Morgan fingerprint density at radius 1 is 1.33 bits per heavy atom. The normalized spacial score (nSPS) is 28.8. The van der Waals surface area contributed by atoms with Crippen LogP contribution in [-0.4, -0.2) is 39.0 Å². The number of fused-ring (bicyclic) bond motifs is 3. The second-order valence-corrected chi connectivity index (χ2v) is 7.52. The van der Waals surface area contributed by atoms with Crippen molar-refractivity contribution in [3.63, 3.8) is 0 Å². The van der Waals surface area contributed by atoms with Gasteiger partial charge in [-0.25, -0.2) is 17.5 Å². The van der Waals surface area contributed by atoms with E-state index in [2.05, 4.69) is 9.62 Å². The van der Waals surface area contributed by atoms with Gasteiger partial charge in [-0.1, -0.05) is 6.07 Å². The van der Waals surface area contributed by atoms with Crippen LogP contribution in [0, 0.1) is 11.7 Å². The highest BCUT2D eigenvalue weighted by molar-refractivity contribution is 7.89. The number of nitrogens with zero attached hydrogens (tertiary/aromatic N) is 1. The summed E-state index contributed by atoms with van der Waals surface area (Å²) in [5.74, 6) is -0.383. The van der Waals surface area contributed by atoms with Crippen LogP contribution in [0.2, 0.25) is 0 Å². The average Bonchev–Trinajstić information content (AvgIpc) is 2.48. The number of piperidine rings is 3. The van der Waals surface area contributed by atoms with E-state index < -0.39 is 15.8 Å². The van der Waals surface area contributed by atoms with Gasteiger partial charge in [0, 0.05) is 19.1 Å². The van der Waals surface area contributed by atoms with Gasteiger partial charge >= 0.3 is 0 Å². The standard InChI is InChI=1S/C14H20FN3O2S/c15-12-2-1-10(8-16)7-14(12)21(19,20)17-13-9-18-5-3-11(13)4-6-18/h1-2,7,11,13,17H,3-6,8-9,16H2. The van der Waals surface area contributed by atoms with E-state index in [0.717, 1.165) is 32.0 Å². The summed E-state index contributed by atoms with van der Waals surface area (Å²) in [5, 5.41) is 0. The minimum Gasteiger partial charge on any atom is -0.326 e. The molecule has 0 radical (unpaired) electrons. The Hall–Kier alpha value is -1.02. The van der Waals surface area contributed by atoms with Crippen LogP contribution in [0.3, 0.4) is 0 Å². The summed E-state index contributed by atoms with van der Waals surface area (Å²) in [6, 6.07) is 3.85. The molecule has 5 nitrogen and oxygen atoms in total. The molecule has 2 bridgehead atoms. The molecular formula is C14H20FN3O2S. The van der Waals surface area contributed by atoms with Gasteiger partial charge in [0.1, 0.15) is 10.7 Å². The molecule has 1 aromatic rings. The third-order valence-electron chi connectivity index (χ3n) is 4.48. The van der Waals surface area contributed by atoms with Crippen LogP contribution in [0.4, 0.5) is 4.39 Å². The Morgan fingerprint density at radius 2 is 2.05 bits per heavy atom. The fourth-order valence-corrected chi connectivity index (χ4v) is 4.67. The van der Waals surface area contributed by atoms with Gasteiger partial charge in [0.25, 0.3) is 0 Å². The quantitative estimate of drug-likeness (QED) is 0.856. The Bertz CT molecular complexity index is 627. The Labute approximate surface area is 124 Å². The van der Waals surface area contributed by atoms with Gasteiger partial charge in [-0.05, 0) is 49.5 Å². The van der Waals surface area contributed by atoms with E-state index in [9.17, 15) is 12.8 Å². The van der Waals surface area contributed by atoms with Crippen molar-refractivity contribution in [1.29, 1.82) is 0 Å². The van der Waals surface area contributed by atoms with Gasteiger partial charge in [0.15, 0.2) is 0 Å². The lowest BCUT2D eigenvalue weighted by molar-refractivity contribution is 0.0827. The molecule has 1 unspecified atom stereocenters. The molecule has 0 saturated carbocycles. The van der Waals surface area contributed by atoms with E-state index in [1.807, 2.05) is 0 Å². The van der Waals surface area contributed by atoms with E-state index in [0.29, 0.717) is 18.0 Å². The molecule has 0 spiro atoms. The Balaban J connectivity index is 1.84. The summed E-state index contributed by atoms with van der Waals surface area (Å²) in [6.07, 6.45) is 2.00.